The average molecular weight is 309 g/mol. The lowest BCUT2D eigenvalue weighted by Crippen LogP contribution is -1.92. The summed E-state index contributed by atoms with van der Waals surface area (Å²) >= 11 is 0. The van der Waals surface area contributed by atoms with Crippen molar-refractivity contribution in [3.63, 3.8) is 0 Å². The lowest BCUT2D eigenvalue weighted by molar-refractivity contribution is 1.33. The molecular formula is C23H19N. The van der Waals surface area contributed by atoms with Gasteiger partial charge in [0, 0.05) is 10.9 Å². The van der Waals surface area contributed by atoms with E-state index in [-0.39, 0.29) is 0 Å². The van der Waals surface area contributed by atoms with E-state index in [9.17, 15) is 0 Å². The van der Waals surface area contributed by atoms with Gasteiger partial charge in [0.2, 0.25) is 0 Å². The van der Waals surface area contributed by atoms with E-state index in [0.29, 0.717) is 0 Å². The third-order valence-corrected chi connectivity index (χ3v) is 4.46. The second-order valence-corrected chi connectivity index (χ2v) is 6.26. The molecule has 4 rings (SSSR count). The summed E-state index contributed by atoms with van der Waals surface area (Å²) in [5.41, 5.74) is 8.26. The molecule has 4 aromatic rings. The van der Waals surface area contributed by atoms with Gasteiger partial charge in [-0.2, -0.15) is 0 Å². The predicted octanol–water partition coefficient (Wildman–Crippen LogP) is 6.19. The van der Waals surface area contributed by atoms with Gasteiger partial charge in [0.1, 0.15) is 0 Å². The van der Waals surface area contributed by atoms with E-state index in [1.165, 1.54) is 33.2 Å². The highest BCUT2D eigenvalue weighted by molar-refractivity contribution is 5.96. The number of rotatable bonds is 2. The average Bonchev–Trinajstić information content (AvgIpc) is 2.61. The first-order valence-electron chi connectivity index (χ1n) is 8.25. The van der Waals surface area contributed by atoms with E-state index in [0.717, 1.165) is 11.2 Å². The van der Waals surface area contributed by atoms with Crippen molar-refractivity contribution in [2.24, 2.45) is 0 Å². The number of benzene rings is 3. The van der Waals surface area contributed by atoms with Crippen LogP contribution in [0.3, 0.4) is 0 Å². The zero-order valence-electron chi connectivity index (χ0n) is 14.0. The molecule has 0 aliphatic carbocycles. The molecular weight excluding hydrogens is 290 g/mol. The van der Waals surface area contributed by atoms with Crippen LogP contribution in [0.15, 0.2) is 78.9 Å². The Morgan fingerprint density at radius 2 is 1.42 bits per heavy atom. The van der Waals surface area contributed by atoms with Crippen LogP contribution in [0.25, 0.3) is 33.3 Å². The van der Waals surface area contributed by atoms with Crippen molar-refractivity contribution in [1.82, 2.24) is 4.98 Å². The summed E-state index contributed by atoms with van der Waals surface area (Å²) < 4.78 is 0. The first-order chi connectivity index (χ1) is 11.7. The van der Waals surface area contributed by atoms with Crippen LogP contribution in [0.1, 0.15) is 11.1 Å². The fourth-order valence-electron chi connectivity index (χ4n) is 3.27. The molecule has 1 heterocycles. The Hall–Kier alpha value is -2.93. The fourth-order valence-corrected chi connectivity index (χ4v) is 3.27. The smallest absolute Gasteiger partial charge is 0.0718 e. The topological polar surface area (TPSA) is 12.9 Å². The quantitative estimate of drug-likeness (QED) is 0.430. The second-order valence-electron chi connectivity index (χ2n) is 6.26. The van der Waals surface area contributed by atoms with Crippen LogP contribution >= 0.6 is 0 Å². The van der Waals surface area contributed by atoms with Crippen LogP contribution in [0.2, 0.25) is 0 Å². The van der Waals surface area contributed by atoms with Crippen molar-refractivity contribution in [2.45, 2.75) is 13.8 Å². The summed E-state index contributed by atoms with van der Waals surface area (Å²) in [4.78, 5) is 4.92. The lowest BCUT2D eigenvalue weighted by Gasteiger charge is -2.12. The molecule has 1 aromatic heterocycles. The van der Waals surface area contributed by atoms with Crippen LogP contribution < -0.4 is 0 Å². The van der Waals surface area contributed by atoms with Gasteiger partial charge in [-0.05, 0) is 42.7 Å². The summed E-state index contributed by atoms with van der Waals surface area (Å²) in [6.45, 7) is 4.28. The zero-order valence-corrected chi connectivity index (χ0v) is 14.0. The van der Waals surface area contributed by atoms with Crippen molar-refractivity contribution in [3.8, 4) is 22.4 Å². The number of pyridine rings is 1. The van der Waals surface area contributed by atoms with Gasteiger partial charge in [0.25, 0.3) is 0 Å². The molecule has 0 N–H and O–H groups in total. The predicted molar refractivity (Wildman–Crippen MR) is 102 cm³/mol. The fraction of sp³-hybridized carbons (Fsp3) is 0.0870. The molecule has 3 aromatic carbocycles. The minimum absolute atomic E-state index is 1.03. The number of para-hydroxylation sites is 1. The number of fused-ring (bicyclic) bond motifs is 1. The Bertz CT molecular complexity index is 1020. The molecule has 0 spiro atoms. The number of hydrogen-bond donors (Lipinski definition) is 0. The molecule has 0 unspecified atom stereocenters. The molecule has 0 aliphatic heterocycles. The van der Waals surface area contributed by atoms with Crippen molar-refractivity contribution in [1.29, 1.82) is 0 Å². The number of hydrogen-bond acceptors (Lipinski definition) is 1. The largest absolute Gasteiger partial charge is 0.248 e. The summed E-state index contributed by atoms with van der Waals surface area (Å²) in [6, 6.07) is 27.7. The molecule has 0 saturated carbocycles. The first kappa shape index (κ1) is 14.6. The standard InChI is InChI=1S/C23H19N/c1-16-12-13-19(17(2)14-16)23-15-21(18-8-4-3-5-9-18)20-10-6-7-11-22(20)24-23/h3-15H,1-2H3. The first-order valence-corrected chi connectivity index (χ1v) is 8.25. The molecule has 0 bridgehead atoms. The van der Waals surface area contributed by atoms with Crippen LogP contribution in [0.4, 0.5) is 0 Å². The maximum Gasteiger partial charge on any atom is 0.0718 e. The van der Waals surface area contributed by atoms with Gasteiger partial charge < -0.3 is 0 Å². The van der Waals surface area contributed by atoms with E-state index in [4.69, 9.17) is 4.98 Å². The maximum absolute atomic E-state index is 4.92. The van der Waals surface area contributed by atoms with E-state index < -0.39 is 0 Å². The summed E-state index contributed by atoms with van der Waals surface area (Å²) in [7, 11) is 0. The third kappa shape index (κ3) is 2.59. The summed E-state index contributed by atoms with van der Waals surface area (Å²) in [5, 5.41) is 1.19. The van der Waals surface area contributed by atoms with Gasteiger partial charge in [0.05, 0.1) is 11.2 Å². The monoisotopic (exact) mass is 309 g/mol. The molecule has 1 heteroatoms. The van der Waals surface area contributed by atoms with Gasteiger partial charge in [-0.3, -0.25) is 0 Å². The molecule has 0 radical (unpaired) electrons. The molecule has 0 saturated heterocycles. The second kappa shape index (κ2) is 5.93. The van der Waals surface area contributed by atoms with E-state index in [2.05, 4.69) is 92.7 Å². The number of aryl methyl sites for hydroxylation is 2. The van der Waals surface area contributed by atoms with Crippen LogP contribution in [-0.2, 0) is 0 Å². The summed E-state index contributed by atoms with van der Waals surface area (Å²) in [5.74, 6) is 0. The van der Waals surface area contributed by atoms with Gasteiger partial charge in [-0.25, -0.2) is 4.98 Å². The Labute approximate surface area is 142 Å². The molecule has 116 valence electrons. The van der Waals surface area contributed by atoms with Crippen LogP contribution in [0.5, 0.6) is 0 Å². The highest BCUT2D eigenvalue weighted by Crippen LogP contribution is 2.33. The molecule has 24 heavy (non-hydrogen) atoms. The number of aromatic nitrogens is 1. The van der Waals surface area contributed by atoms with E-state index >= 15 is 0 Å². The normalized spacial score (nSPS) is 10.9. The minimum atomic E-state index is 1.03. The van der Waals surface area contributed by atoms with E-state index in [1.807, 2.05) is 0 Å². The third-order valence-electron chi connectivity index (χ3n) is 4.46. The lowest BCUT2D eigenvalue weighted by atomic mass is 9.96. The zero-order chi connectivity index (χ0) is 16.5. The van der Waals surface area contributed by atoms with E-state index in [1.54, 1.807) is 0 Å². The van der Waals surface area contributed by atoms with Crippen molar-refractivity contribution < 1.29 is 0 Å². The van der Waals surface area contributed by atoms with Crippen LogP contribution in [0, 0.1) is 13.8 Å². The Morgan fingerprint density at radius 1 is 0.667 bits per heavy atom. The van der Waals surface area contributed by atoms with Crippen molar-refractivity contribution in [3.05, 3.63) is 90.0 Å². The van der Waals surface area contributed by atoms with Gasteiger partial charge in [-0.15, -0.1) is 0 Å². The Balaban J connectivity index is 2.01. The highest BCUT2D eigenvalue weighted by atomic mass is 14.7. The SMILES string of the molecule is Cc1ccc(-c2cc(-c3ccccc3)c3ccccc3n2)c(C)c1. The molecule has 0 amide bonds. The molecule has 0 aliphatic rings. The molecule has 1 nitrogen and oxygen atoms in total. The van der Waals surface area contributed by atoms with Gasteiger partial charge >= 0.3 is 0 Å². The summed E-state index contributed by atoms with van der Waals surface area (Å²) in [6.07, 6.45) is 0. The minimum Gasteiger partial charge on any atom is -0.248 e. The highest BCUT2D eigenvalue weighted by Gasteiger charge is 2.10. The number of nitrogens with zero attached hydrogens (tertiary/aromatic N) is 1. The maximum atomic E-state index is 4.92. The van der Waals surface area contributed by atoms with Crippen molar-refractivity contribution >= 4 is 10.9 Å². The van der Waals surface area contributed by atoms with Crippen LogP contribution in [-0.4, -0.2) is 4.98 Å². The van der Waals surface area contributed by atoms with Gasteiger partial charge in [-0.1, -0.05) is 72.3 Å². The van der Waals surface area contributed by atoms with Crippen molar-refractivity contribution in [2.75, 3.05) is 0 Å². The Morgan fingerprint density at radius 3 is 2.21 bits per heavy atom. The Kier molecular flexibility index (Phi) is 3.62. The molecule has 0 fully saturated rings. The molecule has 0 atom stereocenters. The van der Waals surface area contributed by atoms with Gasteiger partial charge in [0.15, 0.2) is 0 Å².